The first-order valence-corrected chi connectivity index (χ1v) is 6.18. The predicted molar refractivity (Wildman–Crippen MR) is 69.3 cm³/mol. The van der Waals surface area contributed by atoms with Crippen LogP contribution in [0.2, 0.25) is 0 Å². The zero-order valence-electron chi connectivity index (χ0n) is 10.7. The molecule has 1 rings (SSSR count). The SMILES string of the molecule is CC(C)CCC(O)C(N)OCc1ccccc1. The van der Waals surface area contributed by atoms with Crippen molar-refractivity contribution >= 4 is 0 Å². The lowest BCUT2D eigenvalue weighted by Crippen LogP contribution is -2.37. The van der Waals surface area contributed by atoms with Gasteiger partial charge in [0, 0.05) is 0 Å². The van der Waals surface area contributed by atoms with E-state index in [0.29, 0.717) is 18.9 Å². The fourth-order valence-corrected chi connectivity index (χ4v) is 1.55. The monoisotopic (exact) mass is 237 g/mol. The Balaban J connectivity index is 2.26. The van der Waals surface area contributed by atoms with Gasteiger partial charge in [0.15, 0.2) is 0 Å². The molecule has 0 saturated carbocycles. The van der Waals surface area contributed by atoms with Crippen molar-refractivity contribution in [3.63, 3.8) is 0 Å². The van der Waals surface area contributed by atoms with Crippen molar-refractivity contribution in [1.82, 2.24) is 0 Å². The highest BCUT2D eigenvalue weighted by atomic mass is 16.5. The molecule has 0 spiro atoms. The van der Waals surface area contributed by atoms with Crippen molar-refractivity contribution < 1.29 is 9.84 Å². The molecule has 96 valence electrons. The third kappa shape index (κ3) is 5.82. The van der Waals surface area contributed by atoms with Crippen molar-refractivity contribution in [2.75, 3.05) is 0 Å². The number of nitrogens with two attached hydrogens (primary N) is 1. The minimum atomic E-state index is -0.603. The predicted octanol–water partition coefficient (Wildman–Crippen LogP) is 2.29. The van der Waals surface area contributed by atoms with Gasteiger partial charge in [0.25, 0.3) is 0 Å². The first kappa shape index (κ1) is 14.2. The van der Waals surface area contributed by atoms with Crippen LogP contribution in [0.15, 0.2) is 30.3 Å². The largest absolute Gasteiger partial charge is 0.389 e. The van der Waals surface area contributed by atoms with Gasteiger partial charge in [-0.2, -0.15) is 0 Å². The zero-order valence-corrected chi connectivity index (χ0v) is 10.7. The molecule has 17 heavy (non-hydrogen) atoms. The summed E-state index contributed by atoms with van der Waals surface area (Å²) in [5.74, 6) is 0.575. The van der Waals surface area contributed by atoms with E-state index >= 15 is 0 Å². The molecule has 3 heteroatoms. The first-order chi connectivity index (χ1) is 8.09. The van der Waals surface area contributed by atoms with E-state index in [2.05, 4.69) is 13.8 Å². The average molecular weight is 237 g/mol. The molecule has 0 amide bonds. The van der Waals surface area contributed by atoms with Crippen LogP contribution in [0.4, 0.5) is 0 Å². The van der Waals surface area contributed by atoms with E-state index < -0.39 is 12.3 Å². The summed E-state index contributed by atoms with van der Waals surface area (Å²) < 4.78 is 5.45. The van der Waals surface area contributed by atoms with E-state index in [9.17, 15) is 5.11 Å². The zero-order chi connectivity index (χ0) is 12.7. The molecule has 1 aromatic rings. The molecule has 1 aromatic carbocycles. The lowest BCUT2D eigenvalue weighted by atomic mass is 10.0. The van der Waals surface area contributed by atoms with Gasteiger partial charge in [-0.05, 0) is 24.3 Å². The highest BCUT2D eigenvalue weighted by molar-refractivity contribution is 5.13. The summed E-state index contributed by atoms with van der Waals surface area (Å²) in [4.78, 5) is 0. The lowest BCUT2D eigenvalue weighted by Gasteiger charge is -2.20. The molecule has 0 aromatic heterocycles. The summed E-state index contributed by atoms with van der Waals surface area (Å²) in [7, 11) is 0. The molecule has 0 saturated heterocycles. The van der Waals surface area contributed by atoms with Crippen molar-refractivity contribution in [2.24, 2.45) is 11.7 Å². The summed E-state index contributed by atoms with van der Waals surface area (Å²) in [6, 6.07) is 9.83. The third-order valence-corrected chi connectivity index (χ3v) is 2.70. The van der Waals surface area contributed by atoms with Crippen LogP contribution in [-0.2, 0) is 11.3 Å². The normalized spacial score (nSPS) is 14.9. The molecule has 0 fully saturated rings. The number of rotatable bonds is 7. The summed E-state index contributed by atoms with van der Waals surface area (Å²) in [5.41, 5.74) is 6.85. The van der Waals surface area contributed by atoms with Crippen LogP contribution < -0.4 is 5.73 Å². The Morgan fingerprint density at radius 1 is 1.18 bits per heavy atom. The van der Waals surface area contributed by atoms with Crippen molar-refractivity contribution in [1.29, 1.82) is 0 Å². The fraction of sp³-hybridized carbons (Fsp3) is 0.571. The molecular formula is C14H23NO2. The van der Waals surface area contributed by atoms with Crippen LogP contribution in [0.25, 0.3) is 0 Å². The number of aliphatic hydroxyl groups excluding tert-OH is 1. The Morgan fingerprint density at radius 2 is 1.82 bits per heavy atom. The second-order valence-corrected chi connectivity index (χ2v) is 4.80. The summed E-state index contributed by atoms with van der Waals surface area (Å²) in [6.07, 6.45) is 0.465. The third-order valence-electron chi connectivity index (χ3n) is 2.70. The molecule has 0 bridgehead atoms. The second-order valence-electron chi connectivity index (χ2n) is 4.80. The van der Waals surface area contributed by atoms with Gasteiger partial charge < -0.3 is 15.6 Å². The maximum atomic E-state index is 9.79. The Bertz CT molecular complexity index is 300. The van der Waals surface area contributed by atoms with E-state index in [1.54, 1.807) is 0 Å². The van der Waals surface area contributed by atoms with Crippen LogP contribution in [0, 0.1) is 5.92 Å². The topological polar surface area (TPSA) is 55.5 Å². The molecule has 0 aliphatic carbocycles. The Hall–Kier alpha value is -0.900. The van der Waals surface area contributed by atoms with Crippen molar-refractivity contribution in [3.05, 3.63) is 35.9 Å². The van der Waals surface area contributed by atoms with Crippen molar-refractivity contribution in [2.45, 2.75) is 45.6 Å². The molecule has 0 aliphatic heterocycles. The first-order valence-electron chi connectivity index (χ1n) is 6.18. The van der Waals surface area contributed by atoms with Gasteiger partial charge in [-0.3, -0.25) is 0 Å². The number of benzene rings is 1. The van der Waals surface area contributed by atoms with E-state index in [4.69, 9.17) is 10.5 Å². The molecule has 2 unspecified atom stereocenters. The van der Waals surface area contributed by atoms with Gasteiger partial charge in [-0.25, -0.2) is 0 Å². The van der Waals surface area contributed by atoms with Gasteiger partial charge in [0.05, 0.1) is 12.7 Å². The van der Waals surface area contributed by atoms with Gasteiger partial charge in [-0.1, -0.05) is 44.2 Å². The molecule has 0 aliphatic rings. The van der Waals surface area contributed by atoms with Gasteiger partial charge in [0.1, 0.15) is 6.23 Å². The number of hydrogen-bond acceptors (Lipinski definition) is 3. The quantitative estimate of drug-likeness (QED) is 0.715. The summed E-state index contributed by atoms with van der Waals surface area (Å²) >= 11 is 0. The Labute approximate surface area is 104 Å². The fourth-order valence-electron chi connectivity index (χ4n) is 1.55. The Kier molecular flexibility index (Phi) is 6.19. The smallest absolute Gasteiger partial charge is 0.132 e. The van der Waals surface area contributed by atoms with E-state index in [1.807, 2.05) is 30.3 Å². The molecule has 2 atom stereocenters. The van der Waals surface area contributed by atoms with Crippen LogP contribution in [-0.4, -0.2) is 17.4 Å². The van der Waals surface area contributed by atoms with Gasteiger partial charge >= 0.3 is 0 Å². The van der Waals surface area contributed by atoms with E-state index in [0.717, 1.165) is 12.0 Å². The summed E-state index contributed by atoms with van der Waals surface area (Å²) in [5, 5.41) is 9.79. The molecule has 0 radical (unpaired) electrons. The van der Waals surface area contributed by atoms with Crippen molar-refractivity contribution in [3.8, 4) is 0 Å². The maximum Gasteiger partial charge on any atom is 0.132 e. The minimum absolute atomic E-state index is 0.445. The number of hydrogen-bond donors (Lipinski definition) is 2. The number of ether oxygens (including phenoxy) is 1. The summed E-state index contributed by atoms with van der Waals surface area (Å²) in [6.45, 7) is 4.70. The lowest BCUT2D eigenvalue weighted by molar-refractivity contribution is -0.0465. The molecular weight excluding hydrogens is 214 g/mol. The molecule has 3 nitrogen and oxygen atoms in total. The minimum Gasteiger partial charge on any atom is -0.389 e. The maximum absolute atomic E-state index is 9.79. The van der Waals surface area contributed by atoms with E-state index in [1.165, 1.54) is 0 Å². The van der Waals surface area contributed by atoms with E-state index in [-0.39, 0.29) is 0 Å². The van der Waals surface area contributed by atoms with Gasteiger partial charge in [0.2, 0.25) is 0 Å². The van der Waals surface area contributed by atoms with Crippen LogP contribution in [0.5, 0.6) is 0 Å². The molecule has 0 heterocycles. The average Bonchev–Trinajstić information content (AvgIpc) is 2.34. The highest BCUT2D eigenvalue weighted by Crippen LogP contribution is 2.10. The second kappa shape index (κ2) is 7.43. The van der Waals surface area contributed by atoms with Crippen LogP contribution in [0.1, 0.15) is 32.3 Å². The van der Waals surface area contributed by atoms with Gasteiger partial charge in [-0.15, -0.1) is 0 Å². The number of aliphatic hydroxyl groups is 1. The van der Waals surface area contributed by atoms with Crippen LogP contribution in [0.3, 0.4) is 0 Å². The Morgan fingerprint density at radius 3 is 2.41 bits per heavy atom. The highest BCUT2D eigenvalue weighted by Gasteiger charge is 2.15. The standard InChI is InChI=1S/C14H23NO2/c1-11(2)8-9-13(16)14(15)17-10-12-6-4-3-5-7-12/h3-7,11,13-14,16H,8-10,15H2,1-2H3. The molecule has 3 N–H and O–H groups in total. The van der Waals surface area contributed by atoms with Crippen LogP contribution >= 0.6 is 0 Å².